The largest absolute Gasteiger partial charge is 0.497 e. The molecule has 2 aliphatic rings. The molecule has 2 fully saturated rings. The molecule has 0 radical (unpaired) electrons. The van der Waals surface area contributed by atoms with E-state index in [1.54, 1.807) is 43.1 Å². The molecule has 1 aromatic rings. The van der Waals surface area contributed by atoms with Crippen molar-refractivity contribution in [2.75, 3.05) is 19.5 Å². The summed E-state index contributed by atoms with van der Waals surface area (Å²) < 4.78 is 32.4. The van der Waals surface area contributed by atoms with E-state index in [1.165, 1.54) is 0 Å². The number of fused-ring (bicyclic) bond motifs is 1. The minimum atomic E-state index is -2.74. The summed E-state index contributed by atoms with van der Waals surface area (Å²) in [5, 5.41) is 0.117. The van der Waals surface area contributed by atoms with E-state index in [9.17, 15) is 4.79 Å². The molecule has 2 saturated heterocycles. The fourth-order valence-corrected chi connectivity index (χ4v) is 17.9. The van der Waals surface area contributed by atoms with Crippen LogP contribution in [0.25, 0.3) is 0 Å². The van der Waals surface area contributed by atoms with E-state index in [0.717, 1.165) is 0 Å². The van der Waals surface area contributed by atoms with Crippen LogP contribution in [0.2, 0.25) is 22.2 Å². The Hall–Kier alpha value is -0.846. The normalized spacial score (nSPS) is 26.4. The highest BCUT2D eigenvalue weighted by Gasteiger charge is 2.60. The van der Waals surface area contributed by atoms with Gasteiger partial charge in [0.05, 0.1) is 30.6 Å². The Kier molecular flexibility index (Phi) is 9.01. The first kappa shape index (κ1) is 27.7. The molecule has 9 heteroatoms. The van der Waals surface area contributed by atoms with E-state index in [4.69, 9.17) is 22.4 Å². The number of methoxy groups -OCH3 is 1. The lowest BCUT2D eigenvalue weighted by atomic mass is 10.1. The van der Waals surface area contributed by atoms with Gasteiger partial charge in [0, 0.05) is 5.75 Å². The maximum atomic E-state index is 13.0. The summed E-state index contributed by atoms with van der Waals surface area (Å²) in [5.74, 6) is 1.06. The van der Waals surface area contributed by atoms with E-state index in [-0.39, 0.29) is 34.5 Å². The second-order valence-corrected chi connectivity index (χ2v) is 20.7. The Bertz CT molecular complexity index is 813. The van der Waals surface area contributed by atoms with Crippen molar-refractivity contribution in [3.63, 3.8) is 0 Å². The summed E-state index contributed by atoms with van der Waals surface area (Å²) in [5.41, 5.74) is 1.61. The van der Waals surface area contributed by atoms with Gasteiger partial charge >= 0.3 is 23.1 Å². The molecule has 0 aliphatic carbocycles. The Balaban J connectivity index is 1.91. The number of thioether (sulfide) groups is 1. The zero-order valence-electron chi connectivity index (χ0n) is 22.1. The highest BCUT2D eigenvalue weighted by molar-refractivity contribution is 8.00. The third-order valence-corrected chi connectivity index (χ3v) is 18.7. The summed E-state index contributed by atoms with van der Waals surface area (Å²) in [7, 11) is -3.68. The first-order valence-corrected chi connectivity index (χ1v) is 17.4. The molecule has 1 aromatic carbocycles. The first-order chi connectivity index (χ1) is 16.0. The van der Waals surface area contributed by atoms with Crippen LogP contribution in [0.5, 0.6) is 5.75 Å². The average molecular weight is 527 g/mol. The number of rotatable bonds is 7. The lowest BCUT2D eigenvalue weighted by Gasteiger charge is -2.51. The predicted molar refractivity (Wildman–Crippen MR) is 142 cm³/mol. The molecule has 2 aliphatic heterocycles. The molecule has 3 atom stereocenters. The van der Waals surface area contributed by atoms with Gasteiger partial charge in [-0.2, -0.15) is 0 Å². The van der Waals surface area contributed by atoms with E-state index in [1.807, 2.05) is 0 Å². The van der Waals surface area contributed by atoms with Crippen LogP contribution in [0.3, 0.4) is 0 Å². The monoisotopic (exact) mass is 526 g/mol. The summed E-state index contributed by atoms with van der Waals surface area (Å²) in [6.07, 6.45) is -0.580. The zero-order chi connectivity index (χ0) is 25.3. The van der Waals surface area contributed by atoms with Crippen molar-refractivity contribution >= 4 is 34.9 Å². The lowest BCUT2D eigenvalue weighted by molar-refractivity contribution is -0.0189. The fraction of sp³-hybridized carbons (Fsp3) is 0.720. The minimum absolute atomic E-state index is 0.117. The van der Waals surface area contributed by atoms with Gasteiger partial charge < -0.3 is 22.4 Å². The van der Waals surface area contributed by atoms with Crippen LogP contribution in [-0.2, 0) is 17.7 Å². The van der Waals surface area contributed by atoms with E-state index in [0.29, 0.717) is 34.8 Å². The number of carbonyl (C=O) groups excluding carboxylic acids is 1. The predicted octanol–water partition coefficient (Wildman–Crippen LogP) is 6.29. The standard InChI is InChI=1S/C25H42O6SSi2/c1-16(2)33(17(3)4)28-14-23-24(30-34(31-33,18(5)6)19(7)8)22(15-32-23)29-25(26)20-10-12-21(27-9)13-11-20/h10-13,16-19,22-24H,14-15H2,1-9H3/t22-,23+,24-/m0/s1. The van der Waals surface area contributed by atoms with E-state index in [2.05, 4.69) is 55.4 Å². The number of benzene rings is 1. The summed E-state index contributed by atoms with van der Waals surface area (Å²) in [4.78, 5) is 13.0. The molecule has 2 heterocycles. The van der Waals surface area contributed by atoms with Crippen LogP contribution in [0.15, 0.2) is 24.3 Å². The molecular formula is C25H42O6SSi2. The molecule has 0 aromatic heterocycles. The van der Waals surface area contributed by atoms with Gasteiger partial charge in [0.2, 0.25) is 0 Å². The maximum Gasteiger partial charge on any atom is 0.338 e. The van der Waals surface area contributed by atoms with Gasteiger partial charge in [0.1, 0.15) is 11.9 Å². The molecule has 0 amide bonds. The number of esters is 1. The quantitative estimate of drug-likeness (QED) is 0.305. The number of hydrogen-bond acceptors (Lipinski definition) is 7. The molecule has 6 nitrogen and oxygen atoms in total. The second kappa shape index (κ2) is 11.0. The maximum absolute atomic E-state index is 13.0. The van der Waals surface area contributed by atoms with Crippen molar-refractivity contribution in [1.29, 1.82) is 0 Å². The molecule has 0 N–H and O–H groups in total. The van der Waals surface area contributed by atoms with Crippen molar-refractivity contribution < 1.29 is 27.2 Å². The third-order valence-electron chi connectivity index (χ3n) is 7.12. The Morgan fingerprint density at radius 1 is 0.941 bits per heavy atom. The van der Waals surface area contributed by atoms with Crippen LogP contribution in [0.4, 0.5) is 0 Å². The number of hydrogen-bond donors (Lipinski definition) is 0. The molecule has 0 unspecified atom stereocenters. The van der Waals surface area contributed by atoms with Crippen LogP contribution >= 0.6 is 11.8 Å². The SMILES string of the molecule is COc1ccc(C(=O)O[C@H]2CS[C@@H]3CO[Si](C(C)C)(C(C)C)O[Si](C(C)C)(C(C)C)O[C@@H]23)cc1. The Morgan fingerprint density at radius 2 is 1.50 bits per heavy atom. The molecule has 0 spiro atoms. The van der Waals surface area contributed by atoms with Crippen molar-refractivity contribution in [3.8, 4) is 5.75 Å². The smallest absolute Gasteiger partial charge is 0.338 e. The van der Waals surface area contributed by atoms with Crippen molar-refractivity contribution in [3.05, 3.63) is 29.8 Å². The summed E-state index contributed by atoms with van der Waals surface area (Å²) in [6.45, 7) is 18.3. The number of ether oxygens (including phenoxy) is 2. The molecule has 0 saturated carbocycles. The Labute approximate surface area is 211 Å². The molecule has 3 rings (SSSR count). The molecular weight excluding hydrogens is 485 g/mol. The van der Waals surface area contributed by atoms with Gasteiger partial charge in [0.25, 0.3) is 0 Å². The van der Waals surface area contributed by atoms with Crippen LogP contribution in [0.1, 0.15) is 65.7 Å². The van der Waals surface area contributed by atoms with Gasteiger partial charge in [-0.1, -0.05) is 55.4 Å². The lowest BCUT2D eigenvalue weighted by Crippen LogP contribution is -2.65. The van der Waals surface area contributed by atoms with E-state index >= 15 is 0 Å². The molecule has 34 heavy (non-hydrogen) atoms. The minimum Gasteiger partial charge on any atom is -0.497 e. The van der Waals surface area contributed by atoms with Gasteiger partial charge in [-0.3, -0.25) is 0 Å². The summed E-state index contributed by atoms with van der Waals surface area (Å²) in [6, 6.07) is 7.01. The zero-order valence-corrected chi connectivity index (χ0v) is 24.9. The summed E-state index contributed by atoms with van der Waals surface area (Å²) >= 11 is 1.79. The van der Waals surface area contributed by atoms with Gasteiger partial charge in [0.15, 0.2) is 0 Å². The number of carbonyl (C=O) groups is 1. The van der Waals surface area contributed by atoms with Gasteiger partial charge in [-0.05, 0) is 46.4 Å². The van der Waals surface area contributed by atoms with Crippen molar-refractivity contribution in [1.82, 2.24) is 0 Å². The fourth-order valence-electron chi connectivity index (χ4n) is 5.11. The second-order valence-electron chi connectivity index (χ2n) is 10.6. The van der Waals surface area contributed by atoms with Crippen LogP contribution in [-0.4, -0.2) is 60.0 Å². The highest BCUT2D eigenvalue weighted by Crippen LogP contribution is 2.48. The molecule has 192 valence electrons. The van der Waals surface area contributed by atoms with Gasteiger partial charge in [-0.15, -0.1) is 11.8 Å². The van der Waals surface area contributed by atoms with Gasteiger partial charge in [-0.25, -0.2) is 4.79 Å². The average Bonchev–Trinajstić information content (AvgIpc) is 3.13. The highest BCUT2D eigenvalue weighted by atomic mass is 32.2. The van der Waals surface area contributed by atoms with Crippen LogP contribution in [0, 0.1) is 0 Å². The van der Waals surface area contributed by atoms with Crippen LogP contribution < -0.4 is 4.74 Å². The van der Waals surface area contributed by atoms with Crippen molar-refractivity contribution in [2.24, 2.45) is 0 Å². The molecule has 0 bridgehead atoms. The first-order valence-electron chi connectivity index (χ1n) is 12.4. The van der Waals surface area contributed by atoms with E-state index < -0.39 is 17.1 Å². The Morgan fingerprint density at radius 3 is 2.00 bits per heavy atom. The third kappa shape index (κ3) is 5.29. The topological polar surface area (TPSA) is 63.2 Å². The van der Waals surface area contributed by atoms with Crippen molar-refractivity contribution in [2.45, 2.75) is 95.0 Å².